The van der Waals surface area contributed by atoms with Gasteiger partial charge in [0.05, 0.1) is 5.56 Å². The van der Waals surface area contributed by atoms with Gasteiger partial charge in [0.15, 0.2) is 10.5 Å². The molecule has 1 unspecified atom stereocenters. The molecule has 3 nitrogen and oxygen atoms in total. The summed E-state index contributed by atoms with van der Waals surface area (Å²) in [6, 6.07) is 16.7. The molecule has 0 spiro atoms. The molecule has 3 aromatic rings. The van der Waals surface area contributed by atoms with Crippen LogP contribution in [0.3, 0.4) is 0 Å². The van der Waals surface area contributed by atoms with Gasteiger partial charge in [-0.1, -0.05) is 60.7 Å². The molecule has 2 aromatic carbocycles. The highest BCUT2D eigenvalue weighted by Gasteiger charge is 2.25. The molecule has 0 saturated carbocycles. The van der Waals surface area contributed by atoms with Crippen molar-refractivity contribution < 1.29 is 9.90 Å². The Bertz CT molecular complexity index is 929. The Balaban J connectivity index is 2.23. The fourth-order valence-electron chi connectivity index (χ4n) is 2.90. The third-order valence-electron chi connectivity index (χ3n) is 4.19. The monoisotopic (exact) mass is 338 g/mol. The van der Waals surface area contributed by atoms with E-state index in [9.17, 15) is 14.7 Å². The Morgan fingerprint density at radius 2 is 1.75 bits per heavy atom. The largest absolute Gasteiger partial charge is 0.499 e. The summed E-state index contributed by atoms with van der Waals surface area (Å²) in [4.78, 5) is 25.0. The number of Topliss-reactive ketones (excluding diaryl/α,β-unsaturated/α-hetero) is 1. The van der Waals surface area contributed by atoms with Gasteiger partial charge in [0.1, 0.15) is 5.78 Å². The summed E-state index contributed by atoms with van der Waals surface area (Å²) in [5, 5.41) is 11.1. The van der Waals surface area contributed by atoms with Crippen molar-refractivity contribution in [3.8, 4) is 5.06 Å². The lowest BCUT2D eigenvalue weighted by Gasteiger charge is -2.18. The lowest BCUT2D eigenvalue weighted by molar-refractivity contribution is -0.118. The van der Waals surface area contributed by atoms with E-state index >= 15 is 0 Å². The van der Waals surface area contributed by atoms with Crippen molar-refractivity contribution in [3.05, 3.63) is 75.9 Å². The third-order valence-corrected chi connectivity index (χ3v) is 5.18. The van der Waals surface area contributed by atoms with Gasteiger partial charge in [0.25, 0.3) is 0 Å². The molecule has 1 heterocycles. The van der Waals surface area contributed by atoms with E-state index in [2.05, 4.69) is 0 Å². The van der Waals surface area contributed by atoms with Gasteiger partial charge in [-0.3, -0.25) is 9.59 Å². The number of rotatable bonds is 5. The molecular weight excluding hydrogens is 320 g/mol. The van der Waals surface area contributed by atoms with Crippen LogP contribution in [0.15, 0.2) is 59.4 Å². The van der Waals surface area contributed by atoms with Gasteiger partial charge in [-0.2, -0.15) is 0 Å². The summed E-state index contributed by atoms with van der Waals surface area (Å²) in [5.74, 6) is -0.354. The fourth-order valence-corrected chi connectivity index (χ4v) is 3.87. The van der Waals surface area contributed by atoms with Crippen LogP contribution in [0.5, 0.6) is 5.06 Å². The maximum absolute atomic E-state index is 13.0. The minimum Gasteiger partial charge on any atom is -0.499 e. The molecule has 1 atom stereocenters. The molecule has 4 heteroatoms. The van der Waals surface area contributed by atoms with Crippen molar-refractivity contribution >= 4 is 27.2 Å². The number of aromatic hydroxyl groups is 1. The molecule has 0 aliphatic carbocycles. The lowest BCUT2D eigenvalue weighted by atomic mass is 9.87. The average molecular weight is 338 g/mol. The van der Waals surface area contributed by atoms with E-state index < -0.39 is 5.92 Å². The Morgan fingerprint density at radius 3 is 2.46 bits per heavy atom. The Hall–Kier alpha value is -2.46. The molecule has 1 N–H and O–H groups in total. The van der Waals surface area contributed by atoms with Gasteiger partial charge in [-0.15, -0.1) is 0 Å². The first kappa shape index (κ1) is 16.4. The minimum absolute atomic E-state index is 0.00328. The Kier molecular flexibility index (Phi) is 4.76. The number of benzene rings is 2. The first-order chi connectivity index (χ1) is 11.6. The zero-order chi connectivity index (χ0) is 17.1. The minimum atomic E-state index is -0.424. The van der Waals surface area contributed by atoms with E-state index in [1.54, 1.807) is 6.07 Å². The van der Waals surface area contributed by atoms with Crippen LogP contribution in [0.4, 0.5) is 0 Å². The summed E-state index contributed by atoms with van der Waals surface area (Å²) in [5.41, 5.74) is 1.00. The second-order valence-electron chi connectivity index (χ2n) is 5.71. The van der Waals surface area contributed by atoms with Crippen LogP contribution >= 0.6 is 11.3 Å². The maximum atomic E-state index is 13.0. The summed E-state index contributed by atoms with van der Waals surface area (Å²) in [7, 11) is 0. The van der Waals surface area contributed by atoms with Crippen LogP contribution in [0, 0.1) is 0 Å². The molecule has 1 aromatic heterocycles. The molecule has 0 aliphatic rings. The van der Waals surface area contributed by atoms with E-state index in [0.717, 1.165) is 10.3 Å². The number of carbonyl (C=O) groups excluding carboxylic acids is 1. The van der Waals surface area contributed by atoms with Gasteiger partial charge in [-0.05, 0) is 17.7 Å². The highest BCUT2D eigenvalue weighted by molar-refractivity contribution is 7.20. The van der Waals surface area contributed by atoms with Crippen molar-refractivity contribution in [2.75, 3.05) is 0 Å². The Labute approximate surface area is 144 Å². The highest BCUT2D eigenvalue weighted by Crippen LogP contribution is 2.37. The average Bonchev–Trinajstić information content (AvgIpc) is 2.61. The van der Waals surface area contributed by atoms with E-state index in [0.29, 0.717) is 17.4 Å². The van der Waals surface area contributed by atoms with E-state index in [-0.39, 0.29) is 22.7 Å². The predicted octanol–water partition coefficient (Wildman–Crippen LogP) is 4.47. The number of hydrogen-bond donors (Lipinski definition) is 1. The van der Waals surface area contributed by atoms with Gasteiger partial charge < -0.3 is 5.11 Å². The van der Waals surface area contributed by atoms with Crippen molar-refractivity contribution in [2.24, 2.45) is 0 Å². The van der Waals surface area contributed by atoms with Crippen LogP contribution < -0.4 is 5.43 Å². The fraction of sp³-hybridized carbons (Fsp3) is 0.200. The van der Waals surface area contributed by atoms with E-state index in [1.807, 2.05) is 55.5 Å². The quantitative estimate of drug-likeness (QED) is 0.747. The smallest absolute Gasteiger partial charge is 0.195 e. The lowest BCUT2D eigenvalue weighted by Crippen LogP contribution is -2.17. The molecule has 3 rings (SSSR count). The van der Waals surface area contributed by atoms with Crippen LogP contribution in [0.2, 0.25) is 0 Å². The van der Waals surface area contributed by atoms with Gasteiger partial charge in [0, 0.05) is 28.8 Å². The Morgan fingerprint density at radius 1 is 1.08 bits per heavy atom. The number of fused-ring (bicyclic) bond motifs is 1. The zero-order valence-electron chi connectivity index (χ0n) is 13.4. The molecule has 0 radical (unpaired) electrons. The molecular formula is C20H18O3S. The zero-order valence-corrected chi connectivity index (χ0v) is 14.2. The molecule has 0 fully saturated rings. The van der Waals surface area contributed by atoms with E-state index in [1.165, 1.54) is 11.3 Å². The van der Waals surface area contributed by atoms with Crippen LogP contribution in [-0.4, -0.2) is 10.9 Å². The second-order valence-corrected chi connectivity index (χ2v) is 6.74. The molecule has 0 amide bonds. The van der Waals surface area contributed by atoms with Crippen molar-refractivity contribution in [3.63, 3.8) is 0 Å². The summed E-state index contributed by atoms with van der Waals surface area (Å²) in [6.45, 7) is 1.81. The maximum Gasteiger partial charge on any atom is 0.195 e. The number of ketones is 1. The first-order valence-electron chi connectivity index (χ1n) is 7.93. The molecule has 0 bridgehead atoms. The van der Waals surface area contributed by atoms with E-state index in [4.69, 9.17) is 0 Å². The van der Waals surface area contributed by atoms with Crippen LogP contribution in [-0.2, 0) is 4.79 Å². The number of carbonyl (C=O) groups is 1. The SMILES string of the molecule is CCC(=O)CC(c1ccccc1)c1c(O)sc2ccccc2c1=O. The molecule has 0 saturated heterocycles. The third kappa shape index (κ3) is 3.10. The normalized spacial score (nSPS) is 12.2. The molecule has 122 valence electrons. The highest BCUT2D eigenvalue weighted by atomic mass is 32.1. The van der Waals surface area contributed by atoms with Crippen molar-refractivity contribution in [1.29, 1.82) is 0 Å². The summed E-state index contributed by atoms with van der Waals surface area (Å²) >= 11 is 1.18. The van der Waals surface area contributed by atoms with Gasteiger partial charge in [-0.25, -0.2) is 0 Å². The van der Waals surface area contributed by atoms with Crippen LogP contribution in [0.25, 0.3) is 10.1 Å². The summed E-state index contributed by atoms with van der Waals surface area (Å²) in [6.07, 6.45) is 0.629. The van der Waals surface area contributed by atoms with Crippen molar-refractivity contribution in [1.82, 2.24) is 0 Å². The predicted molar refractivity (Wildman–Crippen MR) is 98.0 cm³/mol. The standard InChI is InChI=1S/C20H18O3S/c1-2-14(21)12-16(13-8-4-3-5-9-13)18-19(22)15-10-6-7-11-17(15)24-20(18)23/h3-11,16,23H,2,12H2,1H3. The molecule has 24 heavy (non-hydrogen) atoms. The van der Waals surface area contributed by atoms with Gasteiger partial charge >= 0.3 is 0 Å². The van der Waals surface area contributed by atoms with Crippen LogP contribution in [0.1, 0.15) is 36.8 Å². The number of hydrogen-bond acceptors (Lipinski definition) is 4. The van der Waals surface area contributed by atoms with Crippen molar-refractivity contribution in [2.45, 2.75) is 25.7 Å². The topological polar surface area (TPSA) is 54.4 Å². The first-order valence-corrected chi connectivity index (χ1v) is 8.74. The van der Waals surface area contributed by atoms with Gasteiger partial charge in [0.2, 0.25) is 0 Å². The second kappa shape index (κ2) is 6.97. The summed E-state index contributed by atoms with van der Waals surface area (Å²) < 4.78 is 0.748. The molecule has 0 aliphatic heterocycles.